The molecule has 0 saturated carbocycles. The zero-order valence-electron chi connectivity index (χ0n) is 15.2. The first-order chi connectivity index (χ1) is 13.6. The second-order valence-electron chi connectivity index (χ2n) is 5.84. The second kappa shape index (κ2) is 9.10. The molecule has 0 aliphatic rings. The maximum atomic E-state index is 12.7. The minimum Gasteiger partial charge on any atom is -0.467 e. The van der Waals surface area contributed by atoms with Gasteiger partial charge < -0.3 is 19.8 Å². The van der Waals surface area contributed by atoms with Crippen molar-refractivity contribution in [2.45, 2.75) is 13.5 Å². The molecule has 0 fully saturated rings. The van der Waals surface area contributed by atoms with E-state index in [-0.39, 0.29) is 19.1 Å². The van der Waals surface area contributed by atoms with Gasteiger partial charge in [-0.2, -0.15) is 0 Å². The number of amides is 1. The zero-order chi connectivity index (χ0) is 19.9. The Morgan fingerprint density at radius 1 is 1.04 bits per heavy atom. The highest BCUT2D eigenvalue weighted by molar-refractivity contribution is 6.30. The molecule has 0 aliphatic carbocycles. The van der Waals surface area contributed by atoms with Crippen molar-refractivity contribution < 1.29 is 18.7 Å². The molecule has 0 unspecified atom stereocenters. The van der Waals surface area contributed by atoms with Gasteiger partial charge in [-0.3, -0.25) is 4.79 Å². The number of anilines is 2. The highest BCUT2D eigenvalue weighted by atomic mass is 35.5. The molecule has 1 heterocycles. The number of furan rings is 1. The first-order valence-electron chi connectivity index (χ1n) is 8.71. The Kier molecular flexibility index (Phi) is 6.34. The second-order valence-corrected chi connectivity index (χ2v) is 6.27. The van der Waals surface area contributed by atoms with Crippen molar-refractivity contribution >= 4 is 34.9 Å². The summed E-state index contributed by atoms with van der Waals surface area (Å²) in [5, 5.41) is 6.57. The van der Waals surface area contributed by atoms with E-state index in [1.54, 1.807) is 55.5 Å². The summed E-state index contributed by atoms with van der Waals surface area (Å²) in [7, 11) is 0. The number of para-hydroxylation sites is 1. The monoisotopic (exact) mass is 398 g/mol. The maximum absolute atomic E-state index is 12.7. The molecule has 3 aromatic rings. The standard InChI is InChI=1S/C21H19ClN2O4/c1-2-27-21(26)17-11-12-28-19(17)13-23-18-6-4-3-5-16(18)20(25)24-15-9-7-14(22)8-10-15/h3-12,23H,2,13H2,1H3,(H,24,25). The van der Waals surface area contributed by atoms with Gasteiger partial charge in [-0.25, -0.2) is 4.79 Å². The molecule has 0 radical (unpaired) electrons. The lowest BCUT2D eigenvalue weighted by Crippen LogP contribution is -2.15. The van der Waals surface area contributed by atoms with Gasteiger partial charge in [-0.1, -0.05) is 23.7 Å². The van der Waals surface area contributed by atoms with Gasteiger partial charge in [0, 0.05) is 16.4 Å². The number of hydrogen-bond acceptors (Lipinski definition) is 5. The molecule has 0 spiro atoms. The summed E-state index contributed by atoms with van der Waals surface area (Å²) in [6, 6.07) is 15.5. The van der Waals surface area contributed by atoms with Gasteiger partial charge in [0.25, 0.3) is 5.91 Å². The van der Waals surface area contributed by atoms with Crippen molar-refractivity contribution in [2.24, 2.45) is 0 Å². The van der Waals surface area contributed by atoms with Crippen LogP contribution in [0.4, 0.5) is 11.4 Å². The van der Waals surface area contributed by atoms with Crippen LogP contribution in [0.2, 0.25) is 5.02 Å². The van der Waals surface area contributed by atoms with Gasteiger partial charge >= 0.3 is 5.97 Å². The fourth-order valence-corrected chi connectivity index (χ4v) is 2.74. The molecule has 2 N–H and O–H groups in total. The number of halogens is 1. The molecule has 6 nitrogen and oxygen atoms in total. The van der Waals surface area contributed by atoms with Crippen LogP contribution in [0.1, 0.15) is 33.4 Å². The Morgan fingerprint density at radius 3 is 2.54 bits per heavy atom. The summed E-state index contributed by atoms with van der Waals surface area (Å²) >= 11 is 5.87. The van der Waals surface area contributed by atoms with Crippen LogP contribution in [0.5, 0.6) is 0 Å². The first-order valence-corrected chi connectivity index (χ1v) is 9.09. The van der Waals surface area contributed by atoms with E-state index < -0.39 is 5.97 Å². The number of rotatable bonds is 7. The number of carbonyl (C=O) groups excluding carboxylic acids is 2. The minimum absolute atomic E-state index is 0.229. The molecule has 0 saturated heterocycles. The number of ether oxygens (including phenoxy) is 1. The molecule has 2 aromatic carbocycles. The van der Waals surface area contributed by atoms with Crippen molar-refractivity contribution in [3.05, 3.63) is 82.8 Å². The highest BCUT2D eigenvalue weighted by Gasteiger charge is 2.17. The van der Waals surface area contributed by atoms with E-state index in [1.807, 2.05) is 6.07 Å². The van der Waals surface area contributed by atoms with Crippen LogP contribution >= 0.6 is 11.6 Å². The minimum atomic E-state index is -0.443. The van der Waals surface area contributed by atoms with Crippen molar-refractivity contribution in [1.82, 2.24) is 0 Å². The normalized spacial score (nSPS) is 10.4. The van der Waals surface area contributed by atoms with Gasteiger partial charge in [-0.05, 0) is 49.4 Å². The Hall–Kier alpha value is -3.25. The smallest absolute Gasteiger partial charge is 0.341 e. The predicted molar refractivity (Wildman–Crippen MR) is 108 cm³/mol. The molecule has 1 aromatic heterocycles. The lowest BCUT2D eigenvalue weighted by molar-refractivity contribution is 0.0523. The summed E-state index contributed by atoms with van der Waals surface area (Å²) < 4.78 is 10.4. The van der Waals surface area contributed by atoms with Gasteiger partial charge in [0.05, 0.1) is 25.0 Å². The lowest BCUT2D eigenvalue weighted by atomic mass is 10.1. The van der Waals surface area contributed by atoms with Crippen molar-refractivity contribution in [3.63, 3.8) is 0 Å². The Balaban J connectivity index is 1.72. The molecule has 7 heteroatoms. The third-order valence-electron chi connectivity index (χ3n) is 3.95. The van der Waals surface area contributed by atoms with Crippen LogP contribution < -0.4 is 10.6 Å². The Bertz CT molecular complexity index is 967. The van der Waals surface area contributed by atoms with Gasteiger partial charge in [0.15, 0.2) is 0 Å². The summed E-state index contributed by atoms with van der Waals surface area (Å²) in [6.07, 6.45) is 1.43. The lowest BCUT2D eigenvalue weighted by Gasteiger charge is -2.12. The molecule has 0 aliphatic heterocycles. The molecule has 0 bridgehead atoms. The van der Waals surface area contributed by atoms with Crippen molar-refractivity contribution in [2.75, 3.05) is 17.2 Å². The maximum Gasteiger partial charge on any atom is 0.341 e. The summed E-state index contributed by atoms with van der Waals surface area (Å²) in [4.78, 5) is 24.6. The van der Waals surface area contributed by atoms with E-state index in [0.29, 0.717) is 33.3 Å². The number of esters is 1. The van der Waals surface area contributed by atoms with E-state index >= 15 is 0 Å². The van der Waals surface area contributed by atoms with Crippen LogP contribution in [0.25, 0.3) is 0 Å². The van der Waals surface area contributed by atoms with Gasteiger partial charge in [-0.15, -0.1) is 0 Å². The molecule has 3 rings (SSSR count). The fourth-order valence-electron chi connectivity index (χ4n) is 2.61. The van der Waals surface area contributed by atoms with Crippen LogP contribution in [0, 0.1) is 0 Å². The average Bonchev–Trinajstić information content (AvgIpc) is 3.17. The largest absolute Gasteiger partial charge is 0.467 e. The zero-order valence-corrected chi connectivity index (χ0v) is 16.0. The van der Waals surface area contributed by atoms with Crippen LogP contribution in [0.3, 0.4) is 0 Å². The topological polar surface area (TPSA) is 80.6 Å². The average molecular weight is 399 g/mol. The van der Waals surface area contributed by atoms with E-state index in [4.69, 9.17) is 20.8 Å². The predicted octanol–water partition coefficient (Wildman–Crippen LogP) is 4.97. The summed E-state index contributed by atoms with van der Waals surface area (Å²) in [5.41, 5.74) is 2.07. The van der Waals surface area contributed by atoms with E-state index in [0.717, 1.165) is 0 Å². The molecule has 0 atom stereocenters. The van der Waals surface area contributed by atoms with E-state index in [9.17, 15) is 9.59 Å². The Morgan fingerprint density at radius 2 is 1.79 bits per heavy atom. The Labute approximate surface area is 167 Å². The molecule has 28 heavy (non-hydrogen) atoms. The SMILES string of the molecule is CCOC(=O)c1ccoc1CNc1ccccc1C(=O)Nc1ccc(Cl)cc1. The number of benzene rings is 2. The van der Waals surface area contributed by atoms with Crippen molar-refractivity contribution in [3.8, 4) is 0 Å². The third kappa shape index (κ3) is 4.72. The van der Waals surface area contributed by atoms with Crippen LogP contribution in [-0.4, -0.2) is 18.5 Å². The van der Waals surface area contributed by atoms with Gasteiger partial charge in [0.2, 0.25) is 0 Å². The number of carbonyl (C=O) groups is 2. The molecular formula is C21H19ClN2O4. The van der Waals surface area contributed by atoms with Crippen molar-refractivity contribution in [1.29, 1.82) is 0 Å². The molecule has 1 amide bonds. The van der Waals surface area contributed by atoms with E-state index in [1.165, 1.54) is 6.26 Å². The third-order valence-corrected chi connectivity index (χ3v) is 4.21. The fraction of sp³-hybridized carbons (Fsp3) is 0.143. The number of hydrogen-bond donors (Lipinski definition) is 2. The van der Waals surface area contributed by atoms with E-state index in [2.05, 4.69) is 10.6 Å². The number of nitrogens with one attached hydrogen (secondary N) is 2. The summed E-state index contributed by atoms with van der Waals surface area (Å²) in [5.74, 6) is -0.274. The van der Waals surface area contributed by atoms with Crippen LogP contribution in [0.15, 0.2) is 65.3 Å². The quantitative estimate of drug-likeness (QED) is 0.549. The highest BCUT2D eigenvalue weighted by Crippen LogP contribution is 2.21. The molecule has 144 valence electrons. The molecular weight excluding hydrogens is 380 g/mol. The van der Waals surface area contributed by atoms with Crippen LogP contribution in [-0.2, 0) is 11.3 Å². The van der Waals surface area contributed by atoms with Gasteiger partial charge in [0.1, 0.15) is 11.3 Å². The summed E-state index contributed by atoms with van der Waals surface area (Å²) in [6.45, 7) is 2.25. The first kappa shape index (κ1) is 19.5.